The van der Waals surface area contributed by atoms with E-state index >= 15 is 0 Å². The summed E-state index contributed by atoms with van der Waals surface area (Å²) < 4.78 is 40.3. The van der Waals surface area contributed by atoms with Crippen molar-refractivity contribution in [1.29, 1.82) is 0 Å². The number of aromatic nitrogens is 1. The lowest BCUT2D eigenvalue weighted by molar-refractivity contribution is -0.141. The van der Waals surface area contributed by atoms with Gasteiger partial charge in [-0.15, -0.1) is 0 Å². The minimum Gasteiger partial charge on any atom is -0.472 e. The number of carbonyl (C=O) groups excluding carboxylic acids is 4. The van der Waals surface area contributed by atoms with Crippen LogP contribution in [0.3, 0.4) is 0 Å². The molecule has 0 bridgehead atoms. The number of sulfonamides is 1. The van der Waals surface area contributed by atoms with Crippen LogP contribution in [-0.2, 0) is 29.1 Å². The Morgan fingerprint density at radius 3 is 2.46 bits per heavy atom. The summed E-state index contributed by atoms with van der Waals surface area (Å²) in [4.78, 5) is 61.7. The third-order valence-electron chi connectivity index (χ3n) is 11.0. The standard InChI is InChI=1S/C38H53N5O8S/c1-5-18-37(19-20-37)52(48,49)42-34(46)38-23-26(38)14-9-7-6-8-10-16-29(40-35(47)51-36(2,3)4)33(45)43-24-27(22-30(43)31(44)41-38)50-32-28-15-12-11-13-25(28)17-21-39-32/h11-13,15,17,21,26-27,29-30H,5-10,14,16,18-20,22-24H2,1-4H3,(H,40,47)(H,41,44)(H,42,46)/t26-,27-,29+,30+,38-/m1/s1. The average molecular weight is 740 g/mol. The van der Waals surface area contributed by atoms with Gasteiger partial charge in [0.05, 0.1) is 11.3 Å². The van der Waals surface area contributed by atoms with Crippen molar-refractivity contribution >= 4 is 44.6 Å². The van der Waals surface area contributed by atoms with Gasteiger partial charge in [0, 0.05) is 18.0 Å². The number of ether oxygens (including phenoxy) is 2. The van der Waals surface area contributed by atoms with Crippen molar-refractivity contribution in [2.45, 2.75) is 145 Å². The van der Waals surface area contributed by atoms with Gasteiger partial charge in [0.2, 0.25) is 27.7 Å². The molecule has 4 amide bonds. The zero-order valence-corrected chi connectivity index (χ0v) is 31.6. The molecule has 0 radical (unpaired) electrons. The van der Waals surface area contributed by atoms with Crippen molar-refractivity contribution in [3.05, 3.63) is 36.5 Å². The van der Waals surface area contributed by atoms with Gasteiger partial charge in [0.1, 0.15) is 29.3 Å². The number of nitrogens with one attached hydrogen (secondary N) is 3. The second-order valence-corrected chi connectivity index (χ2v) is 18.2. The number of carbonyl (C=O) groups is 4. The highest BCUT2D eigenvalue weighted by Crippen LogP contribution is 2.50. The van der Waals surface area contributed by atoms with Crippen LogP contribution in [0.2, 0.25) is 0 Å². The molecule has 14 heteroatoms. The van der Waals surface area contributed by atoms with Crippen LogP contribution < -0.4 is 20.1 Å². The molecule has 4 aliphatic rings. The molecule has 3 N–H and O–H groups in total. The van der Waals surface area contributed by atoms with Crippen LogP contribution in [0.4, 0.5) is 4.79 Å². The Balaban J connectivity index is 1.29. The zero-order valence-electron chi connectivity index (χ0n) is 30.7. The van der Waals surface area contributed by atoms with Gasteiger partial charge in [-0.2, -0.15) is 0 Å². The van der Waals surface area contributed by atoms with Crippen LogP contribution in [-0.4, -0.2) is 82.7 Å². The number of alkyl carbamates (subject to hydrolysis) is 1. The molecule has 13 nitrogen and oxygen atoms in total. The number of nitrogens with zero attached hydrogens (tertiary/aromatic N) is 2. The average Bonchev–Trinajstić information content (AvgIpc) is 3.97. The fourth-order valence-electron chi connectivity index (χ4n) is 7.93. The first-order valence-corrected chi connectivity index (χ1v) is 20.3. The van der Waals surface area contributed by atoms with Gasteiger partial charge in [-0.05, 0) is 82.7 Å². The molecule has 284 valence electrons. The summed E-state index contributed by atoms with van der Waals surface area (Å²) in [7, 11) is -3.97. The molecule has 2 saturated heterocycles. The maximum Gasteiger partial charge on any atom is 0.408 e. The van der Waals surface area contributed by atoms with E-state index in [9.17, 15) is 27.6 Å². The second-order valence-electron chi connectivity index (χ2n) is 16.1. The number of benzene rings is 1. The molecule has 0 unspecified atom stereocenters. The van der Waals surface area contributed by atoms with E-state index < -0.39 is 67.9 Å². The SMILES string of the molecule is CCCC1(S(=O)(=O)NC(=O)[C@@]23C[C@H]2CCCCCCC[C@H](NC(=O)OC(C)(C)C)C(=O)N2C[C@H](Oc4nccc5ccccc45)C[C@H]2C(=O)N3)CC1. The van der Waals surface area contributed by atoms with Gasteiger partial charge < -0.3 is 25.0 Å². The van der Waals surface area contributed by atoms with E-state index in [-0.39, 0.29) is 18.9 Å². The fraction of sp³-hybridized carbons (Fsp3) is 0.658. The van der Waals surface area contributed by atoms with Crippen LogP contribution in [0.1, 0.15) is 111 Å². The van der Waals surface area contributed by atoms with E-state index in [4.69, 9.17) is 9.47 Å². The van der Waals surface area contributed by atoms with Crippen LogP contribution in [0.25, 0.3) is 10.8 Å². The van der Waals surface area contributed by atoms with Crippen LogP contribution in [0.5, 0.6) is 5.88 Å². The number of hydrogen-bond donors (Lipinski definition) is 3. The highest BCUT2D eigenvalue weighted by molar-refractivity contribution is 7.91. The van der Waals surface area contributed by atoms with Gasteiger partial charge in [-0.1, -0.05) is 63.6 Å². The minimum atomic E-state index is -3.97. The Kier molecular flexibility index (Phi) is 10.8. The van der Waals surface area contributed by atoms with Gasteiger partial charge in [0.15, 0.2) is 0 Å². The Labute approximate surface area is 306 Å². The van der Waals surface area contributed by atoms with Gasteiger partial charge in [-0.25, -0.2) is 18.2 Å². The Hall–Kier alpha value is -3.94. The first-order valence-electron chi connectivity index (χ1n) is 18.9. The predicted octanol–water partition coefficient (Wildman–Crippen LogP) is 4.87. The molecule has 2 saturated carbocycles. The van der Waals surface area contributed by atoms with Gasteiger partial charge in [-0.3, -0.25) is 19.1 Å². The molecule has 52 heavy (non-hydrogen) atoms. The number of pyridine rings is 1. The quantitative estimate of drug-likeness (QED) is 0.341. The smallest absolute Gasteiger partial charge is 0.408 e. The van der Waals surface area contributed by atoms with E-state index in [0.717, 1.165) is 36.5 Å². The van der Waals surface area contributed by atoms with Crippen molar-refractivity contribution in [1.82, 2.24) is 25.2 Å². The van der Waals surface area contributed by atoms with Crippen LogP contribution >= 0.6 is 0 Å². The molecular weight excluding hydrogens is 687 g/mol. The lowest BCUT2D eigenvalue weighted by Gasteiger charge is -2.30. The maximum atomic E-state index is 14.4. The molecule has 4 fully saturated rings. The topological polar surface area (TPSA) is 173 Å². The van der Waals surface area contributed by atoms with Crippen molar-refractivity contribution in [2.75, 3.05) is 6.54 Å². The summed E-state index contributed by atoms with van der Waals surface area (Å²) >= 11 is 0. The van der Waals surface area contributed by atoms with E-state index in [1.165, 1.54) is 4.90 Å². The number of hydrogen-bond acceptors (Lipinski definition) is 9. The summed E-state index contributed by atoms with van der Waals surface area (Å²) in [5.41, 5.74) is -2.20. The summed E-state index contributed by atoms with van der Waals surface area (Å²) in [6.07, 6.45) is 7.90. The normalized spacial score (nSPS) is 28.0. The second kappa shape index (κ2) is 14.8. The Morgan fingerprint density at radius 1 is 1.04 bits per heavy atom. The van der Waals surface area contributed by atoms with Gasteiger partial charge >= 0.3 is 6.09 Å². The molecule has 1 aromatic carbocycles. The molecular formula is C38H53N5O8S. The zero-order chi connectivity index (χ0) is 37.3. The minimum absolute atomic E-state index is 0.0326. The maximum absolute atomic E-state index is 14.4. The van der Waals surface area contributed by atoms with E-state index in [1.54, 1.807) is 27.0 Å². The Bertz CT molecular complexity index is 1790. The molecule has 3 heterocycles. The number of amides is 4. The van der Waals surface area contributed by atoms with Gasteiger partial charge in [0.25, 0.3) is 5.91 Å². The molecule has 1 aromatic heterocycles. The summed E-state index contributed by atoms with van der Waals surface area (Å²) in [6, 6.07) is 7.47. The van der Waals surface area contributed by atoms with Crippen molar-refractivity contribution < 1.29 is 37.1 Å². The predicted molar refractivity (Wildman–Crippen MR) is 195 cm³/mol. The number of fused-ring (bicyclic) bond motifs is 3. The largest absolute Gasteiger partial charge is 0.472 e. The van der Waals surface area contributed by atoms with Crippen molar-refractivity contribution in [3.8, 4) is 5.88 Å². The Morgan fingerprint density at radius 2 is 1.75 bits per heavy atom. The first-order chi connectivity index (χ1) is 24.7. The third kappa shape index (κ3) is 8.16. The lowest BCUT2D eigenvalue weighted by Crippen LogP contribution is -2.59. The molecule has 5 atom stereocenters. The number of rotatable bonds is 8. The lowest BCUT2D eigenvalue weighted by atomic mass is 10.0. The monoisotopic (exact) mass is 739 g/mol. The van der Waals surface area contributed by atoms with E-state index in [0.29, 0.717) is 57.2 Å². The van der Waals surface area contributed by atoms with E-state index in [2.05, 4.69) is 20.3 Å². The van der Waals surface area contributed by atoms with Crippen molar-refractivity contribution in [3.63, 3.8) is 0 Å². The van der Waals surface area contributed by atoms with Crippen LogP contribution in [0.15, 0.2) is 36.5 Å². The highest BCUT2D eigenvalue weighted by atomic mass is 32.2. The first kappa shape index (κ1) is 37.8. The molecule has 2 aromatic rings. The van der Waals surface area contributed by atoms with E-state index in [1.807, 2.05) is 37.3 Å². The molecule has 6 rings (SSSR count). The highest BCUT2D eigenvalue weighted by Gasteiger charge is 2.64. The molecule has 2 aliphatic carbocycles. The fourth-order valence-corrected chi connectivity index (χ4v) is 9.69. The molecule has 2 aliphatic heterocycles. The van der Waals surface area contributed by atoms with Crippen molar-refractivity contribution in [2.24, 2.45) is 5.92 Å². The summed E-state index contributed by atoms with van der Waals surface area (Å²) in [5.74, 6) is -1.61. The van der Waals surface area contributed by atoms with Crippen LogP contribution in [0, 0.1) is 5.92 Å². The summed E-state index contributed by atoms with van der Waals surface area (Å²) in [6.45, 7) is 7.18. The third-order valence-corrected chi connectivity index (χ3v) is 13.2. The summed E-state index contributed by atoms with van der Waals surface area (Å²) in [5, 5.41) is 7.43. The molecule has 0 spiro atoms.